The average Bonchev–Trinajstić information content (AvgIpc) is 2.59. The summed E-state index contributed by atoms with van der Waals surface area (Å²) in [6.45, 7) is 1.43. The van der Waals surface area contributed by atoms with Crippen molar-refractivity contribution in [1.82, 2.24) is 0 Å². The minimum atomic E-state index is -0.877. The molecule has 0 bridgehead atoms. The second-order valence-electron chi connectivity index (χ2n) is 4.70. The molecule has 0 aliphatic rings. The lowest BCUT2D eigenvalue weighted by Crippen LogP contribution is -2.20. The van der Waals surface area contributed by atoms with Crippen molar-refractivity contribution in [2.75, 3.05) is 0 Å². The highest BCUT2D eigenvalue weighted by Crippen LogP contribution is 2.32. The van der Waals surface area contributed by atoms with Gasteiger partial charge in [-0.15, -0.1) is 0 Å². The molecule has 0 N–H and O–H groups in total. The summed E-state index contributed by atoms with van der Waals surface area (Å²) in [6, 6.07) is 34.2. The Kier molecular flexibility index (Phi) is 6.37. The monoisotopic (exact) mass is 304 g/mol. The van der Waals surface area contributed by atoms with Crippen LogP contribution in [-0.4, -0.2) is 0 Å². The third kappa shape index (κ3) is 4.29. The van der Waals surface area contributed by atoms with Gasteiger partial charge >= 0.3 is 0 Å². The van der Waals surface area contributed by atoms with E-state index in [2.05, 4.69) is 91.0 Å². The predicted molar refractivity (Wildman–Crippen MR) is 97.8 cm³/mol. The molecular formula is C20H19NP+. The Balaban J connectivity index is 0.000000545. The van der Waals surface area contributed by atoms with Crippen molar-refractivity contribution in [3.8, 4) is 6.07 Å². The molecule has 3 aromatic rings. The summed E-state index contributed by atoms with van der Waals surface area (Å²) in [5.74, 6) is 0. The van der Waals surface area contributed by atoms with Gasteiger partial charge in [-0.2, -0.15) is 5.26 Å². The SMILES string of the molecule is CC#N.c1ccc([PH+](c2ccccc2)c2ccccc2)cc1. The Labute approximate surface area is 133 Å². The molecule has 0 aliphatic carbocycles. The maximum absolute atomic E-state index is 7.32. The number of hydrogen-bond donors (Lipinski definition) is 0. The molecule has 0 radical (unpaired) electrons. The highest BCUT2D eigenvalue weighted by atomic mass is 31.1. The molecule has 0 saturated heterocycles. The molecule has 0 saturated carbocycles. The first-order valence-electron chi connectivity index (χ1n) is 7.21. The fraction of sp³-hybridized carbons (Fsp3) is 0.0500. The molecule has 108 valence electrons. The molecule has 2 heteroatoms. The van der Waals surface area contributed by atoms with E-state index in [4.69, 9.17) is 5.26 Å². The molecule has 3 aromatic carbocycles. The topological polar surface area (TPSA) is 23.8 Å². The number of benzene rings is 3. The van der Waals surface area contributed by atoms with Gasteiger partial charge in [0.2, 0.25) is 0 Å². The predicted octanol–water partition coefficient (Wildman–Crippen LogP) is 3.71. The van der Waals surface area contributed by atoms with Gasteiger partial charge in [0, 0.05) is 6.92 Å². The molecule has 0 spiro atoms. The van der Waals surface area contributed by atoms with Crippen LogP contribution in [0.5, 0.6) is 0 Å². The van der Waals surface area contributed by atoms with Crippen LogP contribution in [0.4, 0.5) is 0 Å². The van der Waals surface area contributed by atoms with E-state index in [-0.39, 0.29) is 0 Å². The van der Waals surface area contributed by atoms with Gasteiger partial charge < -0.3 is 0 Å². The molecule has 0 amide bonds. The number of nitrogens with zero attached hydrogens (tertiary/aromatic N) is 1. The van der Waals surface area contributed by atoms with Gasteiger partial charge in [-0.1, -0.05) is 54.6 Å². The van der Waals surface area contributed by atoms with E-state index in [0.29, 0.717) is 0 Å². The molecule has 0 unspecified atom stereocenters. The molecular weight excluding hydrogens is 285 g/mol. The number of rotatable bonds is 3. The first kappa shape index (κ1) is 16.0. The van der Waals surface area contributed by atoms with Crippen molar-refractivity contribution in [2.24, 2.45) is 0 Å². The van der Waals surface area contributed by atoms with E-state index in [1.807, 2.05) is 0 Å². The lowest BCUT2D eigenvalue weighted by Gasteiger charge is -2.10. The standard InChI is InChI=1S/C18H15P.C2H3N/c1-4-10-16(11-5-1)19(17-12-6-2-7-13-17)18-14-8-3-9-15-18;1-2-3/h1-15H;1H3/p+1. The van der Waals surface area contributed by atoms with E-state index in [1.165, 1.54) is 22.8 Å². The minimum Gasteiger partial charge on any atom is -0.199 e. The summed E-state index contributed by atoms with van der Waals surface area (Å²) in [5, 5.41) is 11.6. The van der Waals surface area contributed by atoms with Crippen LogP contribution in [0, 0.1) is 11.3 Å². The van der Waals surface area contributed by atoms with E-state index < -0.39 is 7.92 Å². The van der Waals surface area contributed by atoms with E-state index in [9.17, 15) is 0 Å². The van der Waals surface area contributed by atoms with Crippen LogP contribution < -0.4 is 15.9 Å². The van der Waals surface area contributed by atoms with Crippen molar-refractivity contribution < 1.29 is 0 Å². The lowest BCUT2D eigenvalue weighted by molar-refractivity contribution is 1.49. The molecule has 1 nitrogen and oxygen atoms in total. The number of nitriles is 1. The van der Waals surface area contributed by atoms with Crippen LogP contribution in [0.15, 0.2) is 91.0 Å². The van der Waals surface area contributed by atoms with E-state index in [1.54, 1.807) is 6.07 Å². The van der Waals surface area contributed by atoms with Gasteiger partial charge in [0.25, 0.3) is 0 Å². The zero-order valence-electron chi connectivity index (χ0n) is 12.6. The quantitative estimate of drug-likeness (QED) is 0.677. The lowest BCUT2D eigenvalue weighted by atomic mass is 10.4. The van der Waals surface area contributed by atoms with Crippen LogP contribution in [0.25, 0.3) is 0 Å². The zero-order valence-corrected chi connectivity index (χ0v) is 13.6. The first-order valence-corrected chi connectivity index (χ1v) is 8.71. The van der Waals surface area contributed by atoms with Crippen LogP contribution in [-0.2, 0) is 0 Å². The van der Waals surface area contributed by atoms with Gasteiger partial charge in [0.05, 0.1) is 14.0 Å². The van der Waals surface area contributed by atoms with Gasteiger partial charge in [-0.25, -0.2) is 0 Å². The van der Waals surface area contributed by atoms with Gasteiger partial charge in [0.15, 0.2) is 0 Å². The van der Waals surface area contributed by atoms with Crippen molar-refractivity contribution in [3.63, 3.8) is 0 Å². The smallest absolute Gasteiger partial charge is 0.102 e. The van der Waals surface area contributed by atoms with Crippen LogP contribution in [0.3, 0.4) is 0 Å². The molecule has 22 heavy (non-hydrogen) atoms. The van der Waals surface area contributed by atoms with Gasteiger partial charge in [-0.05, 0) is 36.4 Å². The third-order valence-corrected chi connectivity index (χ3v) is 5.92. The Morgan fingerprint density at radius 3 is 1.05 bits per heavy atom. The third-order valence-electron chi connectivity index (χ3n) is 3.19. The normalized spacial score (nSPS) is 9.50. The summed E-state index contributed by atoms with van der Waals surface area (Å²) in [5.41, 5.74) is 0. The summed E-state index contributed by atoms with van der Waals surface area (Å²) in [7, 11) is -0.877. The fourth-order valence-electron chi connectivity index (χ4n) is 2.31. The van der Waals surface area contributed by atoms with Crippen LogP contribution in [0.2, 0.25) is 0 Å². The Morgan fingerprint density at radius 2 is 0.818 bits per heavy atom. The summed E-state index contributed by atoms with van der Waals surface area (Å²) in [4.78, 5) is 0. The Morgan fingerprint density at radius 1 is 0.591 bits per heavy atom. The second-order valence-corrected chi connectivity index (χ2v) is 7.18. The summed E-state index contributed by atoms with van der Waals surface area (Å²) < 4.78 is 0. The first-order chi connectivity index (χ1) is 10.9. The highest BCUT2D eigenvalue weighted by Gasteiger charge is 2.24. The average molecular weight is 304 g/mol. The molecule has 0 aromatic heterocycles. The van der Waals surface area contributed by atoms with Crippen molar-refractivity contribution in [2.45, 2.75) is 6.92 Å². The van der Waals surface area contributed by atoms with Crippen molar-refractivity contribution in [3.05, 3.63) is 91.0 Å². The largest absolute Gasteiger partial charge is 0.199 e. The van der Waals surface area contributed by atoms with Crippen LogP contribution >= 0.6 is 7.92 Å². The fourth-order valence-corrected chi connectivity index (χ4v) is 4.89. The van der Waals surface area contributed by atoms with Crippen molar-refractivity contribution in [1.29, 1.82) is 5.26 Å². The molecule has 0 heterocycles. The molecule has 0 fully saturated rings. The highest BCUT2D eigenvalue weighted by molar-refractivity contribution is 7.79. The minimum absolute atomic E-state index is 0.877. The van der Waals surface area contributed by atoms with Crippen molar-refractivity contribution >= 4 is 23.8 Å². The number of hydrogen-bond acceptors (Lipinski definition) is 1. The van der Waals surface area contributed by atoms with Gasteiger partial charge in [-0.3, -0.25) is 0 Å². The van der Waals surface area contributed by atoms with Crippen LogP contribution in [0.1, 0.15) is 6.92 Å². The summed E-state index contributed by atoms with van der Waals surface area (Å²) in [6.07, 6.45) is 0. The Bertz CT molecular complexity index is 609. The second kappa shape index (κ2) is 8.78. The van der Waals surface area contributed by atoms with E-state index >= 15 is 0 Å². The maximum atomic E-state index is 7.32. The van der Waals surface area contributed by atoms with Gasteiger partial charge in [0.1, 0.15) is 15.9 Å². The molecule has 0 aliphatic heterocycles. The Hall–Kier alpha value is -2.42. The maximum Gasteiger partial charge on any atom is 0.102 e. The molecule has 0 atom stereocenters. The zero-order chi connectivity index (χ0) is 15.6. The van der Waals surface area contributed by atoms with E-state index in [0.717, 1.165) is 0 Å². The molecule has 3 rings (SSSR count). The summed E-state index contributed by atoms with van der Waals surface area (Å²) >= 11 is 0.